The highest BCUT2D eigenvalue weighted by Gasteiger charge is 2.16. The molecule has 108 valence electrons. The van der Waals surface area contributed by atoms with Crippen molar-refractivity contribution in [1.29, 1.82) is 0 Å². The monoisotopic (exact) mass is 330 g/mol. The van der Waals surface area contributed by atoms with E-state index in [1.807, 2.05) is 12.1 Å². The first-order chi connectivity index (χ1) is 8.91. The van der Waals surface area contributed by atoms with E-state index in [4.69, 9.17) is 14.2 Å². The van der Waals surface area contributed by atoms with Crippen molar-refractivity contribution in [2.75, 3.05) is 20.8 Å². The summed E-state index contributed by atoms with van der Waals surface area (Å²) in [6.45, 7) is 7.22. The van der Waals surface area contributed by atoms with E-state index in [9.17, 15) is 0 Å². The molecule has 0 aliphatic carbocycles. The standard InChI is InChI=1S/C15H23BrO3/c1-15(2,3)6-7-19-14-12(17-4)8-11(10-16)9-13(14)18-5/h8-9H,6-7,10H2,1-5H3. The summed E-state index contributed by atoms with van der Waals surface area (Å²) in [4.78, 5) is 0. The second-order valence-corrected chi connectivity index (χ2v) is 6.18. The molecule has 1 aromatic rings. The molecular formula is C15H23BrO3. The van der Waals surface area contributed by atoms with Gasteiger partial charge in [-0.25, -0.2) is 0 Å². The minimum absolute atomic E-state index is 0.246. The topological polar surface area (TPSA) is 27.7 Å². The maximum Gasteiger partial charge on any atom is 0.203 e. The van der Waals surface area contributed by atoms with Crippen molar-refractivity contribution in [2.45, 2.75) is 32.5 Å². The third kappa shape index (κ3) is 4.94. The van der Waals surface area contributed by atoms with E-state index in [1.54, 1.807) is 14.2 Å². The first-order valence-electron chi connectivity index (χ1n) is 6.35. The van der Waals surface area contributed by atoms with Gasteiger partial charge in [-0.15, -0.1) is 0 Å². The largest absolute Gasteiger partial charge is 0.493 e. The first-order valence-corrected chi connectivity index (χ1v) is 7.47. The van der Waals surface area contributed by atoms with Crippen molar-refractivity contribution >= 4 is 15.9 Å². The fraction of sp³-hybridized carbons (Fsp3) is 0.600. The zero-order valence-corrected chi connectivity index (χ0v) is 14.0. The van der Waals surface area contributed by atoms with E-state index in [2.05, 4.69) is 36.7 Å². The molecule has 0 bridgehead atoms. The summed E-state index contributed by atoms with van der Waals surface area (Å²) in [6.07, 6.45) is 0.972. The Labute approximate surface area is 124 Å². The van der Waals surface area contributed by atoms with Gasteiger partial charge in [0.2, 0.25) is 5.75 Å². The fourth-order valence-electron chi connectivity index (χ4n) is 1.61. The van der Waals surface area contributed by atoms with Crippen molar-refractivity contribution in [3.63, 3.8) is 0 Å². The van der Waals surface area contributed by atoms with Crippen LogP contribution in [0.15, 0.2) is 12.1 Å². The molecule has 0 atom stereocenters. The van der Waals surface area contributed by atoms with Gasteiger partial charge in [-0.2, -0.15) is 0 Å². The predicted octanol–water partition coefficient (Wildman–Crippen LogP) is 4.41. The third-order valence-corrected chi connectivity index (χ3v) is 3.42. The number of alkyl halides is 1. The Morgan fingerprint density at radius 3 is 1.95 bits per heavy atom. The average molecular weight is 331 g/mol. The molecule has 0 heterocycles. The van der Waals surface area contributed by atoms with Gasteiger partial charge in [0.25, 0.3) is 0 Å². The molecule has 1 aromatic carbocycles. The number of methoxy groups -OCH3 is 2. The molecule has 0 aliphatic heterocycles. The Kier molecular flexibility index (Phi) is 5.98. The van der Waals surface area contributed by atoms with Gasteiger partial charge in [-0.05, 0) is 29.5 Å². The van der Waals surface area contributed by atoms with Gasteiger partial charge >= 0.3 is 0 Å². The van der Waals surface area contributed by atoms with E-state index in [1.165, 1.54) is 0 Å². The zero-order valence-electron chi connectivity index (χ0n) is 12.4. The van der Waals surface area contributed by atoms with Crippen LogP contribution >= 0.6 is 15.9 Å². The SMILES string of the molecule is COc1cc(CBr)cc(OC)c1OCCC(C)(C)C. The van der Waals surface area contributed by atoms with Crippen molar-refractivity contribution in [2.24, 2.45) is 5.41 Å². The van der Waals surface area contributed by atoms with E-state index >= 15 is 0 Å². The maximum absolute atomic E-state index is 5.86. The summed E-state index contributed by atoms with van der Waals surface area (Å²) in [5.74, 6) is 2.10. The van der Waals surface area contributed by atoms with Crippen LogP contribution in [0.2, 0.25) is 0 Å². The summed E-state index contributed by atoms with van der Waals surface area (Å²) in [5.41, 5.74) is 1.34. The van der Waals surface area contributed by atoms with E-state index in [-0.39, 0.29) is 5.41 Å². The van der Waals surface area contributed by atoms with Crippen LogP contribution in [-0.4, -0.2) is 20.8 Å². The van der Waals surface area contributed by atoms with Crippen LogP contribution in [0.4, 0.5) is 0 Å². The molecule has 1 rings (SSSR count). The van der Waals surface area contributed by atoms with Crippen molar-refractivity contribution in [1.82, 2.24) is 0 Å². The molecule has 4 heteroatoms. The molecule has 0 fully saturated rings. The Morgan fingerprint density at radius 1 is 1.05 bits per heavy atom. The Bertz CT molecular complexity index is 385. The lowest BCUT2D eigenvalue weighted by Gasteiger charge is -2.20. The average Bonchev–Trinajstić information content (AvgIpc) is 2.37. The normalized spacial score (nSPS) is 11.3. The number of hydrogen-bond acceptors (Lipinski definition) is 3. The Morgan fingerprint density at radius 2 is 1.58 bits per heavy atom. The number of benzene rings is 1. The van der Waals surface area contributed by atoms with Crippen LogP contribution in [0, 0.1) is 5.41 Å². The molecule has 0 spiro atoms. The van der Waals surface area contributed by atoms with Gasteiger partial charge < -0.3 is 14.2 Å². The molecule has 0 unspecified atom stereocenters. The van der Waals surface area contributed by atoms with Crippen LogP contribution in [-0.2, 0) is 5.33 Å². The fourth-order valence-corrected chi connectivity index (χ4v) is 1.94. The van der Waals surface area contributed by atoms with Gasteiger partial charge in [0.1, 0.15) is 0 Å². The number of hydrogen-bond donors (Lipinski definition) is 0. The maximum atomic E-state index is 5.86. The summed E-state index contributed by atoms with van der Waals surface area (Å²) < 4.78 is 16.6. The summed E-state index contributed by atoms with van der Waals surface area (Å²) >= 11 is 3.44. The van der Waals surface area contributed by atoms with E-state index in [0.717, 1.165) is 17.3 Å². The smallest absolute Gasteiger partial charge is 0.203 e. The van der Waals surface area contributed by atoms with Gasteiger partial charge in [0.15, 0.2) is 11.5 Å². The Balaban J connectivity index is 2.91. The minimum Gasteiger partial charge on any atom is -0.493 e. The second kappa shape index (κ2) is 7.04. The molecule has 0 aliphatic rings. The molecule has 3 nitrogen and oxygen atoms in total. The quantitative estimate of drug-likeness (QED) is 0.723. The lowest BCUT2D eigenvalue weighted by Crippen LogP contribution is -2.12. The minimum atomic E-state index is 0.246. The van der Waals surface area contributed by atoms with Crippen LogP contribution in [0.5, 0.6) is 17.2 Å². The van der Waals surface area contributed by atoms with Crippen LogP contribution in [0.1, 0.15) is 32.8 Å². The van der Waals surface area contributed by atoms with Crippen molar-refractivity contribution in [3.05, 3.63) is 17.7 Å². The number of rotatable bonds is 6. The van der Waals surface area contributed by atoms with Gasteiger partial charge in [-0.1, -0.05) is 36.7 Å². The van der Waals surface area contributed by atoms with E-state index < -0.39 is 0 Å². The molecular weight excluding hydrogens is 308 g/mol. The summed E-state index contributed by atoms with van der Waals surface area (Å²) in [7, 11) is 3.28. The van der Waals surface area contributed by atoms with Gasteiger partial charge in [0, 0.05) is 5.33 Å². The summed E-state index contributed by atoms with van der Waals surface area (Å²) in [6, 6.07) is 3.92. The zero-order chi connectivity index (χ0) is 14.5. The van der Waals surface area contributed by atoms with Crippen molar-refractivity contribution < 1.29 is 14.2 Å². The van der Waals surface area contributed by atoms with Gasteiger partial charge in [-0.3, -0.25) is 0 Å². The lowest BCUT2D eigenvalue weighted by molar-refractivity contribution is 0.225. The molecule has 19 heavy (non-hydrogen) atoms. The highest BCUT2D eigenvalue weighted by atomic mass is 79.9. The second-order valence-electron chi connectivity index (χ2n) is 5.62. The van der Waals surface area contributed by atoms with Crippen molar-refractivity contribution in [3.8, 4) is 17.2 Å². The Hall–Kier alpha value is -0.900. The lowest BCUT2D eigenvalue weighted by atomic mass is 9.93. The van der Waals surface area contributed by atoms with E-state index in [0.29, 0.717) is 23.9 Å². The van der Waals surface area contributed by atoms with Crippen LogP contribution < -0.4 is 14.2 Å². The molecule has 0 amide bonds. The first kappa shape index (κ1) is 16.2. The van der Waals surface area contributed by atoms with Crippen LogP contribution in [0.3, 0.4) is 0 Å². The molecule has 0 aromatic heterocycles. The summed E-state index contributed by atoms with van der Waals surface area (Å²) in [5, 5.41) is 0.752. The number of halogens is 1. The third-order valence-electron chi connectivity index (χ3n) is 2.77. The highest BCUT2D eigenvalue weighted by Crippen LogP contribution is 2.39. The predicted molar refractivity (Wildman–Crippen MR) is 81.7 cm³/mol. The number of ether oxygens (including phenoxy) is 3. The van der Waals surface area contributed by atoms with Gasteiger partial charge in [0.05, 0.1) is 20.8 Å². The molecule has 0 saturated heterocycles. The molecule has 0 N–H and O–H groups in total. The highest BCUT2D eigenvalue weighted by molar-refractivity contribution is 9.08. The molecule has 0 saturated carbocycles. The molecule has 0 radical (unpaired) electrons. The van der Waals surface area contributed by atoms with Crippen LogP contribution in [0.25, 0.3) is 0 Å².